The van der Waals surface area contributed by atoms with Crippen LogP contribution in [0.1, 0.15) is 11.1 Å². The Kier molecular flexibility index (Phi) is 4.10. The molecule has 0 atom stereocenters. The molecule has 112 valence electrons. The highest BCUT2D eigenvalue weighted by atomic mass is 16.5. The number of ether oxygens (including phenoxy) is 1. The number of aromatic hydroxyl groups is 1. The van der Waals surface area contributed by atoms with Gasteiger partial charge in [0.1, 0.15) is 11.5 Å². The van der Waals surface area contributed by atoms with Crippen LogP contribution < -0.4 is 4.74 Å². The van der Waals surface area contributed by atoms with Crippen molar-refractivity contribution in [3.8, 4) is 11.5 Å². The van der Waals surface area contributed by atoms with Gasteiger partial charge < -0.3 is 14.7 Å². The monoisotopic (exact) mass is 294 g/mol. The Morgan fingerprint density at radius 3 is 2.77 bits per heavy atom. The minimum Gasteiger partial charge on any atom is -0.508 e. The summed E-state index contributed by atoms with van der Waals surface area (Å²) in [6, 6.07) is 15.2. The van der Waals surface area contributed by atoms with Gasteiger partial charge in [-0.15, -0.1) is 0 Å². The first-order chi connectivity index (χ1) is 10.7. The lowest BCUT2D eigenvalue weighted by Gasteiger charge is -2.23. The first-order valence-electron chi connectivity index (χ1n) is 7.15. The van der Waals surface area contributed by atoms with Gasteiger partial charge in [-0.25, -0.2) is 0 Å². The Labute approximate surface area is 130 Å². The smallest absolute Gasteiger partial charge is 0.119 e. The lowest BCUT2D eigenvalue weighted by molar-refractivity contribution is 0.405. The molecule has 2 aromatic carbocycles. The number of phenolic OH excluding ortho intramolecular Hbond substituents is 1. The third-order valence-corrected chi connectivity index (χ3v) is 3.53. The van der Waals surface area contributed by atoms with Crippen molar-refractivity contribution < 1.29 is 9.84 Å². The van der Waals surface area contributed by atoms with Crippen molar-refractivity contribution in [1.29, 1.82) is 0 Å². The normalized spacial score (nSPS) is 13.9. The SMILES string of the molecule is COc1cccc(CN2C=C(c3ccc(O)cc3)N=CC2)c1. The molecule has 0 aliphatic carbocycles. The first-order valence-corrected chi connectivity index (χ1v) is 7.15. The van der Waals surface area contributed by atoms with Gasteiger partial charge >= 0.3 is 0 Å². The summed E-state index contributed by atoms with van der Waals surface area (Å²) in [5.41, 5.74) is 3.08. The van der Waals surface area contributed by atoms with E-state index in [0.29, 0.717) is 0 Å². The molecule has 1 N–H and O–H groups in total. The molecule has 0 saturated heterocycles. The highest BCUT2D eigenvalue weighted by molar-refractivity contribution is 5.77. The summed E-state index contributed by atoms with van der Waals surface area (Å²) >= 11 is 0. The molecule has 0 aromatic heterocycles. The number of hydrogen-bond donors (Lipinski definition) is 1. The summed E-state index contributed by atoms with van der Waals surface area (Å²) in [7, 11) is 1.68. The molecule has 0 unspecified atom stereocenters. The molecule has 0 radical (unpaired) electrons. The van der Waals surface area contributed by atoms with E-state index >= 15 is 0 Å². The number of phenols is 1. The van der Waals surface area contributed by atoms with Gasteiger partial charge in [0.25, 0.3) is 0 Å². The average molecular weight is 294 g/mol. The molecule has 0 fully saturated rings. The van der Waals surface area contributed by atoms with Crippen LogP contribution in [-0.4, -0.2) is 29.9 Å². The second-order valence-corrected chi connectivity index (χ2v) is 5.15. The van der Waals surface area contributed by atoms with Gasteiger partial charge in [0, 0.05) is 24.5 Å². The average Bonchev–Trinajstić information content (AvgIpc) is 2.56. The molecule has 22 heavy (non-hydrogen) atoms. The van der Waals surface area contributed by atoms with Crippen LogP contribution in [0.15, 0.2) is 59.7 Å². The second kappa shape index (κ2) is 6.35. The predicted molar refractivity (Wildman–Crippen MR) is 88.0 cm³/mol. The van der Waals surface area contributed by atoms with Crippen LogP contribution in [0.4, 0.5) is 0 Å². The lowest BCUT2D eigenvalue weighted by Crippen LogP contribution is -2.22. The maximum atomic E-state index is 9.37. The molecule has 1 aliphatic rings. The number of benzene rings is 2. The van der Waals surface area contributed by atoms with Crippen LogP contribution >= 0.6 is 0 Å². The van der Waals surface area contributed by atoms with Crippen molar-refractivity contribution in [2.24, 2.45) is 4.99 Å². The second-order valence-electron chi connectivity index (χ2n) is 5.15. The van der Waals surface area contributed by atoms with E-state index < -0.39 is 0 Å². The van der Waals surface area contributed by atoms with Crippen LogP contribution in [0.3, 0.4) is 0 Å². The van der Waals surface area contributed by atoms with Crippen molar-refractivity contribution in [3.05, 3.63) is 65.9 Å². The van der Waals surface area contributed by atoms with Crippen molar-refractivity contribution in [2.45, 2.75) is 6.54 Å². The fraction of sp³-hybridized carbons (Fsp3) is 0.167. The fourth-order valence-electron chi connectivity index (χ4n) is 2.40. The molecule has 2 aromatic rings. The molecule has 0 bridgehead atoms. The zero-order valence-electron chi connectivity index (χ0n) is 12.4. The summed E-state index contributed by atoms with van der Waals surface area (Å²) < 4.78 is 5.26. The molecule has 4 nitrogen and oxygen atoms in total. The van der Waals surface area contributed by atoms with E-state index in [1.807, 2.05) is 42.7 Å². The Morgan fingerprint density at radius 1 is 1.18 bits per heavy atom. The van der Waals surface area contributed by atoms with E-state index in [0.717, 1.165) is 30.1 Å². The molecular weight excluding hydrogens is 276 g/mol. The Morgan fingerprint density at radius 2 is 2.00 bits per heavy atom. The quantitative estimate of drug-likeness (QED) is 0.941. The molecule has 4 heteroatoms. The fourth-order valence-corrected chi connectivity index (χ4v) is 2.40. The standard InChI is InChI=1S/C18H18N2O2/c1-22-17-4-2-3-14(11-17)12-20-10-9-19-18(13-20)15-5-7-16(21)8-6-15/h2-9,11,13,21H,10,12H2,1H3. The Hall–Kier alpha value is -2.75. The van der Waals surface area contributed by atoms with Gasteiger partial charge in [-0.2, -0.15) is 0 Å². The molecule has 1 aliphatic heterocycles. The number of hydrogen-bond acceptors (Lipinski definition) is 4. The van der Waals surface area contributed by atoms with E-state index in [1.54, 1.807) is 19.2 Å². The van der Waals surface area contributed by atoms with E-state index in [-0.39, 0.29) is 5.75 Å². The van der Waals surface area contributed by atoms with Gasteiger partial charge in [-0.1, -0.05) is 12.1 Å². The zero-order valence-corrected chi connectivity index (χ0v) is 12.4. The third-order valence-electron chi connectivity index (χ3n) is 3.53. The Balaban J connectivity index is 1.77. The minimum absolute atomic E-state index is 0.261. The third kappa shape index (κ3) is 3.28. The molecule has 0 spiro atoms. The lowest BCUT2D eigenvalue weighted by atomic mass is 10.1. The Bertz CT molecular complexity index is 705. The van der Waals surface area contributed by atoms with E-state index in [4.69, 9.17) is 4.74 Å². The van der Waals surface area contributed by atoms with Crippen LogP contribution in [0.25, 0.3) is 5.70 Å². The highest BCUT2D eigenvalue weighted by Crippen LogP contribution is 2.22. The van der Waals surface area contributed by atoms with Gasteiger partial charge in [0.05, 0.1) is 19.4 Å². The first kappa shape index (κ1) is 14.2. The van der Waals surface area contributed by atoms with Crippen molar-refractivity contribution >= 4 is 11.9 Å². The molecule has 1 heterocycles. The summed E-state index contributed by atoms with van der Waals surface area (Å²) in [6.07, 6.45) is 3.95. The number of rotatable bonds is 4. The maximum absolute atomic E-state index is 9.37. The number of methoxy groups -OCH3 is 1. The van der Waals surface area contributed by atoms with Crippen molar-refractivity contribution in [2.75, 3.05) is 13.7 Å². The minimum atomic E-state index is 0.261. The molecule has 0 amide bonds. The van der Waals surface area contributed by atoms with Crippen LogP contribution in [0.5, 0.6) is 11.5 Å². The highest BCUT2D eigenvalue weighted by Gasteiger charge is 2.09. The number of aliphatic imine (C=N–C) groups is 1. The van der Waals surface area contributed by atoms with Gasteiger partial charge in [0.15, 0.2) is 0 Å². The van der Waals surface area contributed by atoms with Crippen LogP contribution in [0, 0.1) is 0 Å². The van der Waals surface area contributed by atoms with Gasteiger partial charge in [0.2, 0.25) is 0 Å². The summed E-state index contributed by atoms with van der Waals surface area (Å²) in [5.74, 6) is 1.13. The van der Waals surface area contributed by atoms with E-state index in [2.05, 4.69) is 16.0 Å². The van der Waals surface area contributed by atoms with Gasteiger partial charge in [-0.3, -0.25) is 4.99 Å². The largest absolute Gasteiger partial charge is 0.508 e. The van der Waals surface area contributed by atoms with E-state index in [9.17, 15) is 5.11 Å². The number of nitrogens with zero attached hydrogens (tertiary/aromatic N) is 2. The van der Waals surface area contributed by atoms with E-state index in [1.165, 1.54) is 5.56 Å². The predicted octanol–water partition coefficient (Wildman–Crippen LogP) is 3.29. The van der Waals surface area contributed by atoms with Crippen molar-refractivity contribution in [1.82, 2.24) is 4.90 Å². The van der Waals surface area contributed by atoms with Gasteiger partial charge in [-0.05, 0) is 42.0 Å². The van der Waals surface area contributed by atoms with Crippen LogP contribution in [0.2, 0.25) is 0 Å². The summed E-state index contributed by atoms with van der Waals surface area (Å²) in [5, 5.41) is 9.37. The topological polar surface area (TPSA) is 45.1 Å². The maximum Gasteiger partial charge on any atom is 0.119 e. The van der Waals surface area contributed by atoms with Crippen molar-refractivity contribution in [3.63, 3.8) is 0 Å². The van der Waals surface area contributed by atoms with Crippen LogP contribution in [-0.2, 0) is 6.54 Å². The summed E-state index contributed by atoms with van der Waals surface area (Å²) in [4.78, 5) is 6.64. The molecule has 3 rings (SSSR count). The zero-order chi connectivity index (χ0) is 15.4. The molecule has 0 saturated carbocycles. The summed E-state index contributed by atoms with van der Waals surface area (Å²) in [6.45, 7) is 1.57. The molecular formula is C18H18N2O2.